The normalized spacial score (nSPS) is 20.0. The van der Waals surface area contributed by atoms with Gasteiger partial charge in [-0.05, 0) is 50.3 Å². The van der Waals surface area contributed by atoms with E-state index in [9.17, 15) is 28.1 Å². The van der Waals surface area contributed by atoms with Crippen molar-refractivity contribution in [1.29, 1.82) is 0 Å². The number of amides is 1. The van der Waals surface area contributed by atoms with E-state index in [0.717, 1.165) is 30.8 Å². The maximum absolute atomic E-state index is 13.3. The number of carbonyl (C=O) groups is 1. The van der Waals surface area contributed by atoms with E-state index in [4.69, 9.17) is 4.74 Å². The standard InChI is InChI=1S/C27H34F3N5O4/c1-2-3-4-26(36)34-15-13-33(14-16-34)25-18-22(11-12-31-25)39-21-8-5-19(6-9-21)32-20-7-10-24(35(37)38)23(17-20)27(28,29)30/h7,10-12,17-19,21,32H,2-6,8-9,13-16H2,1H3/t19-,21-. The van der Waals surface area contributed by atoms with Crippen LogP contribution < -0.4 is 15.0 Å². The molecule has 1 aliphatic carbocycles. The molecule has 9 nitrogen and oxygen atoms in total. The minimum absolute atomic E-state index is 0.0334. The first kappa shape index (κ1) is 28.4. The van der Waals surface area contributed by atoms with Crippen molar-refractivity contribution < 1.29 is 27.6 Å². The fraction of sp³-hybridized carbons (Fsp3) is 0.556. The number of unbranched alkanes of at least 4 members (excludes halogenated alkanes) is 1. The van der Waals surface area contributed by atoms with Crippen LogP contribution in [0.3, 0.4) is 0 Å². The quantitative estimate of drug-likeness (QED) is 0.319. The molecule has 39 heavy (non-hydrogen) atoms. The summed E-state index contributed by atoms with van der Waals surface area (Å²) in [6.07, 6.45) is 2.19. The largest absolute Gasteiger partial charge is 0.490 e. The monoisotopic (exact) mass is 549 g/mol. The predicted molar refractivity (Wildman–Crippen MR) is 141 cm³/mol. The Morgan fingerprint density at radius 3 is 2.49 bits per heavy atom. The Balaban J connectivity index is 1.27. The number of ether oxygens (including phenoxy) is 1. The number of halogens is 3. The summed E-state index contributed by atoms with van der Waals surface area (Å²) in [7, 11) is 0. The number of rotatable bonds is 9. The summed E-state index contributed by atoms with van der Waals surface area (Å²) in [5.74, 6) is 1.73. The average molecular weight is 550 g/mol. The molecule has 0 radical (unpaired) electrons. The molecule has 1 aliphatic heterocycles. The second-order valence-corrected chi connectivity index (χ2v) is 10.0. The SMILES string of the molecule is CCCCC(=O)N1CCN(c2cc(O[C@H]3CC[C@H](Nc4ccc([N+](=O)[O-])c(C(F)(F)F)c4)CC3)ccn2)CC1. The first-order valence-electron chi connectivity index (χ1n) is 13.4. The number of nitrogens with zero attached hydrogens (tertiary/aromatic N) is 4. The van der Waals surface area contributed by atoms with Gasteiger partial charge in [0.25, 0.3) is 5.69 Å². The van der Waals surface area contributed by atoms with Gasteiger partial charge in [0, 0.05) is 62.7 Å². The molecule has 4 rings (SSSR count). The Morgan fingerprint density at radius 2 is 1.85 bits per heavy atom. The van der Waals surface area contributed by atoms with E-state index >= 15 is 0 Å². The van der Waals surface area contributed by atoms with Gasteiger partial charge in [0.05, 0.1) is 11.0 Å². The highest BCUT2D eigenvalue weighted by Gasteiger charge is 2.38. The second kappa shape index (κ2) is 12.5. The van der Waals surface area contributed by atoms with Crippen LogP contribution in [0.1, 0.15) is 57.4 Å². The molecule has 2 heterocycles. The van der Waals surface area contributed by atoms with Gasteiger partial charge in [0.15, 0.2) is 0 Å². The minimum atomic E-state index is -4.81. The average Bonchev–Trinajstić information content (AvgIpc) is 2.92. The number of nitrogens with one attached hydrogen (secondary N) is 1. The lowest BCUT2D eigenvalue weighted by Gasteiger charge is -2.35. The van der Waals surface area contributed by atoms with Crippen molar-refractivity contribution >= 4 is 23.1 Å². The summed E-state index contributed by atoms with van der Waals surface area (Å²) < 4.78 is 46.1. The summed E-state index contributed by atoms with van der Waals surface area (Å²) >= 11 is 0. The first-order valence-corrected chi connectivity index (χ1v) is 13.4. The van der Waals surface area contributed by atoms with Crippen LogP contribution in [-0.4, -0.2) is 59.0 Å². The molecule has 1 aromatic carbocycles. The molecule has 0 spiro atoms. The van der Waals surface area contributed by atoms with Crippen LogP contribution in [0.25, 0.3) is 0 Å². The molecule has 212 valence electrons. The van der Waals surface area contributed by atoms with E-state index in [1.807, 2.05) is 17.0 Å². The van der Waals surface area contributed by atoms with Crippen LogP contribution in [0.4, 0.5) is 30.4 Å². The number of hydrogen-bond acceptors (Lipinski definition) is 7. The summed E-state index contributed by atoms with van der Waals surface area (Å²) in [5.41, 5.74) is -2.00. The van der Waals surface area contributed by atoms with Crippen molar-refractivity contribution in [3.63, 3.8) is 0 Å². The van der Waals surface area contributed by atoms with E-state index in [2.05, 4.69) is 22.1 Å². The van der Waals surface area contributed by atoms with Gasteiger partial charge in [-0.15, -0.1) is 0 Å². The second-order valence-electron chi connectivity index (χ2n) is 10.0. The number of nitro benzene ring substituents is 1. The minimum Gasteiger partial charge on any atom is -0.490 e. The van der Waals surface area contributed by atoms with Crippen molar-refractivity contribution in [1.82, 2.24) is 9.88 Å². The van der Waals surface area contributed by atoms with Gasteiger partial charge in [0.2, 0.25) is 5.91 Å². The van der Waals surface area contributed by atoms with Gasteiger partial charge in [-0.25, -0.2) is 4.98 Å². The first-order chi connectivity index (χ1) is 18.6. The number of pyridine rings is 1. The van der Waals surface area contributed by atoms with Crippen molar-refractivity contribution in [3.8, 4) is 5.75 Å². The maximum Gasteiger partial charge on any atom is 0.423 e. The zero-order valence-corrected chi connectivity index (χ0v) is 22.0. The number of aromatic nitrogens is 1. The number of piperazine rings is 1. The predicted octanol–water partition coefficient (Wildman–Crippen LogP) is 5.65. The Labute approximate surface area is 225 Å². The van der Waals surface area contributed by atoms with Crippen LogP contribution in [0, 0.1) is 10.1 Å². The Bertz CT molecular complexity index is 1150. The molecular weight excluding hydrogens is 515 g/mol. The van der Waals surface area contributed by atoms with Crippen molar-refractivity contribution in [3.05, 3.63) is 52.2 Å². The maximum atomic E-state index is 13.3. The highest BCUT2D eigenvalue weighted by molar-refractivity contribution is 5.76. The molecule has 1 saturated carbocycles. The van der Waals surface area contributed by atoms with E-state index in [-0.39, 0.29) is 23.7 Å². The lowest BCUT2D eigenvalue weighted by atomic mass is 9.92. The zero-order valence-electron chi connectivity index (χ0n) is 22.0. The Kier molecular flexibility index (Phi) is 9.13. The fourth-order valence-corrected chi connectivity index (χ4v) is 5.08. The zero-order chi connectivity index (χ0) is 28.0. The third-order valence-electron chi connectivity index (χ3n) is 7.26. The van der Waals surface area contributed by atoms with Crippen molar-refractivity contribution in [2.75, 3.05) is 36.4 Å². The van der Waals surface area contributed by atoms with E-state index in [1.165, 1.54) is 6.07 Å². The highest BCUT2D eigenvalue weighted by Crippen LogP contribution is 2.38. The topological polar surface area (TPSA) is 101 Å². The van der Waals surface area contributed by atoms with Gasteiger partial charge in [0.1, 0.15) is 17.1 Å². The molecule has 1 N–H and O–H groups in total. The summed E-state index contributed by atoms with van der Waals surface area (Å²) in [4.78, 5) is 30.8. The number of carbonyl (C=O) groups excluding carboxylic acids is 1. The lowest BCUT2D eigenvalue weighted by Crippen LogP contribution is -2.49. The number of anilines is 2. The van der Waals surface area contributed by atoms with Crippen molar-refractivity contribution in [2.45, 2.75) is 70.2 Å². The molecule has 2 aromatic rings. The van der Waals surface area contributed by atoms with Gasteiger partial charge in [-0.2, -0.15) is 13.2 Å². The van der Waals surface area contributed by atoms with E-state index in [0.29, 0.717) is 64.0 Å². The summed E-state index contributed by atoms with van der Waals surface area (Å²) in [5, 5.41) is 14.1. The van der Waals surface area contributed by atoms with Gasteiger partial charge in [-0.3, -0.25) is 14.9 Å². The number of nitro groups is 1. The van der Waals surface area contributed by atoms with Gasteiger partial charge >= 0.3 is 6.18 Å². The summed E-state index contributed by atoms with van der Waals surface area (Å²) in [6, 6.07) is 6.68. The van der Waals surface area contributed by atoms with Crippen LogP contribution in [0.5, 0.6) is 5.75 Å². The van der Waals surface area contributed by atoms with Crippen molar-refractivity contribution in [2.24, 2.45) is 0 Å². The van der Waals surface area contributed by atoms with Crippen LogP contribution in [0.15, 0.2) is 36.5 Å². The van der Waals surface area contributed by atoms with E-state index in [1.54, 1.807) is 6.20 Å². The molecule has 2 aliphatic rings. The molecule has 0 unspecified atom stereocenters. The lowest BCUT2D eigenvalue weighted by molar-refractivity contribution is -0.388. The van der Waals surface area contributed by atoms with E-state index < -0.39 is 22.4 Å². The van der Waals surface area contributed by atoms with Gasteiger partial charge < -0.3 is 19.9 Å². The molecule has 1 saturated heterocycles. The highest BCUT2D eigenvalue weighted by atomic mass is 19.4. The third-order valence-corrected chi connectivity index (χ3v) is 7.26. The molecule has 0 atom stereocenters. The third kappa shape index (κ3) is 7.51. The Morgan fingerprint density at radius 1 is 1.13 bits per heavy atom. The molecular formula is C27H34F3N5O4. The molecule has 12 heteroatoms. The molecule has 2 fully saturated rings. The number of benzene rings is 1. The number of alkyl halides is 3. The summed E-state index contributed by atoms with van der Waals surface area (Å²) in [6.45, 7) is 4.84. The number of hydrogen-bond donors (Lipinski definition) is 1. The van der Waals surface area contributed by atoms with Crippen LogP contribution >= 0.6 is 0 Å². The Hall–Kier alpha value is -3.57. The molecule has 1 aromatic heterocycles. The smallest absolute Gasteiger partial charge is 0.423 e. The van der Waals surface area contributed by atoms with Crippen LogP contribution in [0.2, 0.25) is 0 Å². The fourth-order valence-electron chi connectivity index (χ4n) is 5.08. The van der Waals surface area contributed by atoms with Gasteiger partial charge in [-0.1, -0.05) is 13.3 Å². The molecule has 0 bridgehead atoms. The van der Waals surface area contributed by atoms with Crippen LogP contribution in [-0.2, 0) is 11.0 Å². The molecule has 1 amide bonds.